The lowest BCUT2D eigenvalue weighted by Crippen LogP contribution is -2.13. The number of carboxylic acid groups (broad SMARTS) is 1. The van der Waals surface area contributed by atoms with Gasteiger partial charge < -0.3 is 14.7 Å². The summed E-state index contributed by atoms with van der Waals surface area (Å²) in [6.45, 7) is 1.69. The summed E-state index contributed by atoms with van der Waals surface area (Å²) in [7, 11) is 1.34. The van der Waals surface area contributed by atoms with E-state index in [-0.39, 0.29) is 47.1 Å². The lowest BCUT2D eigenvalue weighted by atomic mass is 9.91. The van der Waals surface area contributed by atoms with E-state index in [4.69, 9.17) is 9.57 Å². The van der Waals surface area contributed by atoms with Gasteiger partial charge in [0.05, 0.1) is 29.5 Å². The van der Waals surface area contributed by atoms with Crippen molar-refractivity contribution in [3.63, 3.8) is 0 Å². The molecule has 1 aliphatic rings. The molecule has 5 rings (SSSR count). The minimum absolute atomic E-state index is 0.0220. The number of pyridine rings is 1. The molecule has 48 heavy (non-hydrogen) atoms. The normalized spacial score (nSPS) is 15.2. The zero-order valence-electron chi connectivity index (χ0n) is 24.8. The number of aryl methyl sites for hydroxylation is 1. The van der Waals surface area contributed by atoms with Crippen molar-refractivity contribution in [1.82, 2.24) is 4.98 Å². The molecule has 0 spiro atoms. The third-order valence-electron chi connectivity index (χ3n) is 7.66. The predicted molar refractivity (Wildman–Crippen MR) is 154 cm³/mol. The maximum absolute atomic E-state index is 13.8. The molecule has 15 heteroatoms. The summed E-state index contributed by atoms with van der Waals surface area (Å²) in [6, 6.07) is 11.1. The number of oxime groups is 1. The molecule has 3 aromatic carbocycles. The number of hydrogen-bond donors (Lipinski definition) is 1. The number of hydrogen-bond acceptors (Lipinski definition) is 5. The standard InChI is InChI=1S/C33H23F9N2O4/c1-16-7-18(30(45)46)3-5-24(16)17-4-6-27(47-2)25(11-17)26-15-43-29(33(40,41)42)12-19(26)10-23-14-28(48-44-23)20-8-21(31(34,35)36)13-22(9-20)32(37,38)39/h3-9,11-13,15,28H,10,14H2,1-2H3,(H,45,46)/t28-/m0/s1. The number of methoxy groups -OCH3 is 1. The van der Waals surface area contributed by atoms with E-state index in [9.17, 15) is 49.4 Å². The van der Waals surface area contributed by atoms with Gasteiger partial charge in [-0.2, -0.15) is 39.5 Å². The molecule has 2 heterocycles. The number of carboxylic acids is 1. The summed E-state index contributed by atoms with van der Waals surface area (Å²) in [5.74, 6) is -0.886. The molecule has 0 fully saturated rings. The van der Waals surface area contributed by atoms with E-state index in [2.05, 4.69) is 10.1 Å². The molecule has 0 bridgehead atoms. The van der Waals surface area contributed by atoms with Gasteiger partial charge in [-0.05, 0) is 83.3 Å². The van der Waals surface area contributed by atoms with Crippen molar-refractivity contribution in [2.24, 2.45) is 5.16 Å². The maximum Gasteiger partial charge on any atom is 0.433 e. The van der Waals surface area contributed by atoms with Crippen LogP contribution in [0.1, 0.15) is 56.4 Å². The van der Waals surface area contributed by atoms with Crippen LogP contribution < -0.4 is 4.74 Å². The molecular formula is C33H23F9N2O4. The van der Waals surface area contributed by atoms with Gasteiger partial charge in [-0.25, -0.2) is 4.79 Å². The highest BCUT2D eigenvalue weighted by atomic mass is 19.4. The van der Waals surface area contributed by atoms with Gasteiger partial charge in [0.2, 0.25) is 0 Å². The van der Waals surface area contributed by atoms with Gasteiger partial charge in [-0.1, -0.05) is 17.3 Å². The molecule has 1 aliphatic heterocycles. The molecule has 1 aromatic heterocycles. The van der Waals surface area contributed by atoms with Gasteiger partial charge >= 0.3 is 24.5 Å². The number of aromatic carboxylic acids is 1. The number of halogens is 9. The average molecular weight is 683 g/mol. The van der Waals surface area contributed by atoms with Crippen LogP contribution in [0.5, 0.6) is 5.75 Å². The van der Waals surface area contributed by atoms with Gasteiger partial charge in [-0.3, -0.25) is 4.98 Å². The van der Waals surface area contributed by atoms with Crippen LogP contribution in [0.4, 0.5) is 39.5 Å². The molecule has 6 nitrogen and oxygen atoms in total. The lowest BCUT2D eigenvalue weighted by molar-refractivity contribution is -0.143. The third kappa shape index (κ3) is 7.24. The van der Waals surface area contributed by atoms with E-state index in [1.807, 2.05) is 0 Å². The molecule has 0 unspecified atom stereocenters. The Morgan fingerprint density at radius 3 is 2.08 bits per heavy atom. The monoisotopic (exact) mass is 682 g/mol. The quantitative estimate of drug-likeness (QED) is 0.197. The minimum atomic E-state index is -5.09. The summed E-state index contributed by atoms with van der Waals surface area (Å²) in [4.78, 5) is 20.2. The van der Waals surface area contributed by atoms with E-state index in [1.54, 1.807) is 31.2 Å². The van der Waals surface area contributed by atoms with Crippen molar-refractivity contribution in [1.29, 1.82) is 0 Å². The first-order valence-electron chi connectivity index (χ1n) is 13.9. The molecular weight excluding hydrogens is 659 g/mol. The molecule has 0 saturated heterocycles. The van der Waals surface area contributed by atoms with Crippen molar-refractivity contribution in [3.05, 3.63) is 106 Å². The lowest BCUT2D eigenvalue weighted by Gasteiger charge is -2.17. The van der Waals surface area contributed by atoms with Crippen molar-refractivity contribution in [3.8, 4) is 28.0 Å². The number of nitrogens with zero attached hydrogens (tertiary/aromatic N) is 2. The molecule has 1 atom stereocenters. The van der Waals surface area contributed by atoms with Gasteiger partial charge in [0.1, 0.15) is 11.4 Å². The van der Waals surface area contributed by atoms with E-state index in [0.717, 1.165) is 12.3 Å². The Labute approximate surface area is 266 Å². The number of aromatic nitrogens is 1. The fourth-order valence-electron chi connectivity index (χ4n) is 5.34. The Balaban J connectivity index is 1.53. The molecule has 0 amide bonds. The maximum atomic E-state index is 13.8. The Morgan fingerprint density at radius 2 is 1.52 bits per heavy atom. The topological polar surface area (TPSA) is 81.0 Å². The summed E-state index contributed by atoms with van der Waals surface area (Å²) in [6.07, 6.45) is -16.1. The molecule has 4 aromatic rings. The summed E-state index contributed by atoms with van der Waals surface area (Å²) in [5.41, 5.74) is -2.40. The second-order valence-electron chi connectivity index (χ2n) is 10.9. The zero-order valence-corrected chi connectivity index (χ0v) is 24.8. The van der Waals surface area contributed by atoms with Gasteiger partial charge in [0, 0.05) is 30.2 Å². The Kier molecular flexibility index (Phi) is 8.93. The Bertz CT molecular complexity index is 1880. The van der Waals surface area contributed by atoms with Crippen LogP contribution in [0.15, 0.2) is 72.0 Å². The zero-order chi connectivity index (χ0) is 35.2. The van der Waals surface area contributed by atoms with Crippen LogP contribution in [0.3, 0.4) is 0 Å². The van der Waals surface area contributed by atoms with E-state index in [1.165, 1.54) is 19.2 Å². The number of rotatable bonds is 7. The fraction of sp³-hybridized carbons (Fsp3) is 0.242. The molecule has 0 saturated carbocycles. The first-order chi connectivity index (χ1) is 22.3. The van der Waals surface area contributed by atoms with Crippen molar-refractivity contribution >= 4 is 11.7 Å². The molecule has 252 valence electrons. The van der Waals surface area contributed by atoms with Crippen LogP contribution in [0, 0.1) is 6.92 Å². The van der Waals surface area contributed by atoms with Gasteiger partial charge in [0.25, 0.3) is 0 Å². The van der Waals surface area contributed by atoms with Crippen molar-refractivity contribution in [2.75, 3.05) is 7.11 Å². The highest BCUT2D eigenvalue weighted by Crippen LogP contribution is 2.42. The van der Waals surface area contributed by atoms with Crippen molar-refractivity contribution in [2.45, 2.75) is 44.4 Å². The average Bonchev–Trinajstić information content (AvgIpc) is 3.47. The molecule has 0 aliphatic carbocycles. The van der Waals surface area contributed by atoms with Crippen LogP contribution in [0.2, 0.25) is 0 Å². The van der Waals surface area contributed by atoms with E-state index < -0.39 is 53.0 Å². The number of ether oxygens (including phenoxy) is 1. The molecule has 1 N–H and O–H groups in total. The number of benzene rings is 3. The van der Waals surface area contributed by atoms with Crippen LogP contribution in [-0.4, -0.2) is 28.9 Å². The van der Waals surface area contributed by atoms with Crippen LogP contribution in [0.25, 0.3) is 22.3 Å². The molecule has 0 radical (unpaired) electrons. The highest BCUT2D eigenvalue weighted by molar-refractivity contribution is 5.91. The number of carbonyl (C=O) groups is 1. The summed E-state index contributed by atoms with van der Waals surface area (Å²) in [5, 5.41) is 13.1. The summed E-state index contributed by atoms with van der Waals surface area (Å²) >= 11 is 0. The Hall–Kier alpha value is -5.08. The second kappa shape index (κ2) is 12.5. The van der Waals surface area contributed by atoms with Crippen molar-refractivity contribution < 1.29 is 59.0 Å². The van der Waals surface area contributed by atoms with Crippen LogP contribution in [-0.2, 0) is 29.8 Å². The highest BCUT2D eigenvalue weighted by Gasteiger charge is 2.39. The SMILES string of the molecule is COc1ccc(-c2ccc(C(=O)O)cc2C)cc1-c1cnc(C(F)(F)F)cc1CC1=NO[C@H](c2cc(C(F)(F)F)cc(C(F)(F)F)c2)C1. The summed E-state index contributed by atoms with van der Waals surface area (Å²) < 4.78 is 127. The van der Waals surface area contributed by atoms with Gasteiger partial charge in [0.15, 0.2) is 6.10 Å². The van der Waals surface area contributed by atoms with E-state index >= 15 is 0 Å². The second-order valence-corrected chi connectivity index (χ2v) is 10.9. The largest absolute Gasteiger partial charge is 0.496 e. The Morgan fingerprint density at radius 1 is 0.854 bits per heavy atom. The minimum Gasteiger partial charge on any atom is -0.496 e. The number of alkyl halides is 9. The van der Waals surface area contributed by atoms with Gasteiger partial charge in [-0.15, -0.1) is 0 Å². The smallest absolute Gasteiger partial charge is 0.433 e. The van der Waals surface area contributed by atoms with E-state index in [0.29, 0.717) is 34.4 Å². The fourth-order valence-corrected chi connectivity index (χ4v) is 5.34. The first-order valence-corrected chi connectivity index (χ1v) is 13.9. The third-order valence-corrected chi connectivity index (χ3v) is 7.66. The van der Waals surface area contributed by atoms with Crippen LogP contribution >= 0.6 is 0 Å². The first kappa shape index (κ1) is 34.3. The predicted octanol–water partition coefficient (Wildman–Crippen LogP) is 9.55.